The highest BCUT2D eigenvalue weighted by Crippen LogP contribution is 2.57. The second-order valence-corrected chi connectivity index (χ2v) is 18.2. The van der Waals surface area contributed by atoms with E-state index in [1.54, 1.807) is 0 Å². The van der Waals surface area contributed by atoms with Crippen LogP contribution >= 0.6 is 0 Å². The molecule has 3 aliphatic carbocycles. The van der Waals surface area contributed by atoms with Gasteiger partial charge in [0.05, 0.1) is 0 Å². The lowest BCUT2D eigenvalue weighted by Crippen LogP contribution is -2.65. The van der Waals surface area contributed by atoms with E-state index in [0.717, 1.165) is 48.2 Å². The number of fused-ring (bicyclic) bond motifs is 2. The van der Waals surface area contributed by atoms with Gasteiger partial charge in [0.15, 0.2) is 0 Å². The van der Waals surface area contributed by atoms with Crippen molar-refractivity contribution in [2.45, 2.75) is 49.7 Å². The van der Waals surface area contributed by atoms with Crippen molar-refractivity contribution in [2.24, 2.45) is 0 Å². The Labute approximate surface area is 351 Å². The van der Waals surface area contributed by atoms with E-state index in [0.29, 0.717) is 0 Å². The largest absolute Gasteiger partial charge is 0.851 e. The average molecular weight is 779 g/mol. The van der Waals surface area contributed by atoms with Crippen molar-refractivity contribution >= 4 is 90.7 Å². The number of hydrogen-bond donors (Lipinski definition) is 0. The summed E-state index contributed by atoms with van der Waals surface area (Å²) in [7, 11) is 8.76. The van der Waals surface area contributed by atoms with Gasteiger partial charge in [-0.05, 0) is 154 Å². The van der Waals surface area contributed by atoms with Gasteiger partial charge in [-0.1, -0.05) is 109 Å². The molecule has 1 fully saturated rings. The van der Waals surface area contributed by atoms with E-state index in [9.17, 15) is 0 Å². The van der Waals surface area contributed by atoms with Crippen LogP contribution in [0, 0.1) is 0 Å². The highest BCUT2D eigenvalue weighted by atomic mass is 16.3. The van der Waals surface area contributed by atoms with Gasteiger partial charge < -0.3 is 29.5 Å². The minimum atomic E-state index is -1.08. The first-order valence-electron chi connectivity index (χ1n) is 21.7. The quantitative estimate of drug-likeness (QED) is 0.193. The maximum atomic E-state index is 15.4. The number of hydrogen-bond acceptors (Lipinski definition) is 6. The molecule has 1 saturated carbocycles. The molecule has 0 aromatic heterocycles. The topological polar surface area (TPSA) is 59.1 Å². The molecule has 0 radical (unpaired) electrons. The van der Waals surface area contributed by atoms with Crippen LogP contribution in [0.5, 0.6) is 0 Å². The number of anilines is 4. The molecule has 2 heterocycles. The van der Waals surface area contributed by atoms with E-state index in [1.807, 2.05) is 0 Å². The van der Waals surface area contributed by atoms with E-state index >= 15 is 10.2 Å². The van der Waals surface area contributed by atoms with Gasteiger partial charge in [-0.25, -0.2) is 0 Å². The van der Waals surface area contributed by atoms with E-state index in [1.165, 1.54) is 87.6 Å². The maximum absolute atomic E-state index is 15.4. The molecule has 0 saturated heterocycles. The lowest BCUT2D eigenvalue weighted by molar-refractivity contribution is -0.535. The lowest BCUT2D eigenvalue weighted by Gasteiger charge is -2.63. The summed E-state index contributed by atoms with van der Waals surface area (Å²) < 4.78 is 0. The molecule has 8 aromatic carbocycles. The van der Waals surface area contributed by atoms with Crippen molar-refractivity contribution in [1.82, 2.24) is 0 Å². The zero-order chi connectivity index (χ0) is 40.3. The summed E-state index contributed by atoms with van der Waals surface area (Å²) in [5, 5.41) is 40.7. The van der Waals surface area contributed by atoms with E-state index < -0.39 is 24.0 Å². The molecule has 0 amide bonds. The van der Waals surface area contributed by atoms with Crippen molar-refractivity contribution in [3.63, 3.8) is 0 Å². The zero-order valence-electron chi connectivity index (χ0n) is 34.4. The molecule has 0 atom stereocenters. The molecule has 5 aliphatic rings. The molecule has 2 aliphatic heterocycles. The highest BCUT2D eigenvalue weighted by molar-refractivity contribution is 6.83. The lowest BCUT2D eigenvalue weighted by atomic mass is 9.57. The first-order valence-corrected chi connectivity index (χ1v) is 21.7. The third-order valence-corrected chi connectivity index (χ3v) is 15.5. The molecule has 0 N–H and O–H groups in total. The van der Waals surface area contributed by atoms with Gasteiger partial charge in [-0.2, -0.15) is 0 Å². The molecular weight excluding hydrogens is 734 g/mol. The molecule has 0 bridgehead atoms. The van der Waals surface area contributed by atoms with Crippen molar-refractivity contribution in [1.29, 1.82) is 0 Å². The highest BCUT2D eigenvalue weighted by Gasteiger charge is 2.48. The van der Waals surface area contributed by atoms with Crippen LogP contribution in [0.25, 0.3) is 43.1 Å². The maximum Gasteiger partial charge on any atom is 0.411 e. The molecule has 8 heteroatoms. The Morgan fingerprint density at radius 3 is 1.28 bits per heavy atom. The van der Waals surface area contributed by atoms with Crippen LogP contribution in [0.4, 0.5) is 22.7 Å². The fraction of sp³-hybridized carbons (Fsp3) is 0.231. The molecule has 13 rings (SSSR count). The Morgan fingerprint density at radius 1 is 0.433 bits per heavy atom. The second-order valence-electron chi connectivity index (χ2n) is 18.2. The number of rotatable bonds is 4. The Bertz CT molecular complexity index is 2960. The normalized spacial score (nSPS) is 21.4. The SMILES string of the molecule is CN1B(c2cccc3ccccc23)N(C)c2c(C3C([O-])C(c4cc5c6c(ccc7c6c4N(C)B(c4cccc6ccccc46)N7C)CC5)C3[O-])cc3c4c(ccc1c24)CC3. The summed E-state index contributed by atoms with van der Waals surface area (Å²) in [6, 6.07) is 44.1. The predicted octanol–water partition coefficient (Wildman–Crippen LogP) is 6.40. The van der Waals surface area contributed by atoms with Crippen LogP contribution in [-0.4, -0.2) is 54.4 Å². The fourth-order valence-electron chi connectivity index (χ4n) is 12.8. The molecule has 6 nitrogen and oxygen atoms in total. The second kappa shape index (κ2) is 12.3. The smallest absolute Gasteiger partial charge is 0.411 e. The summed E-state index contributed by atoms with van der Waals surface area (Å²) in [6.07, 6.45) is 1.67. The van der Waals surface area contributed by atoms with Crippen molar-refractivity contribution in [3.05, 3.63) is 155 Å². The Hall–Kier alpha value is -5.95. The summed E-state index contributed by atoms with van der Waals surface area (Å²) in [4.78, 5) is 9.57. The van der Waals surface area contributed by atoms with Gasteiger partial charge in [-0.3, -0.25) is 0 Å². The van der Waals surface area contributed by atoms with Gasteiger partial charge in [0, 0.05) is 33.5 Å². The number of nitrogens with zero attached hydrogens (tertiary/aromatic N) is 4. The first kappa shape index (κ1) is 34.9. The molecule has 0 unspecified atom stereocenters. The van der Waals surface area contributed by atoms with E-state index in [-0.39, 0.29) is 14.0 Å². The summed E-state index contributed by atoms with van der Waals surface area (Å²) >= 11 is 0. The van der Waals surface area contributed by atoms with E-state index in [2.05, 4.69) is 169 Å². The minimum Gasteiger partial charge on any atom is -0.851 e. The van der Waals surface area contributed by atoms with Gasteiger partial charge >= 0.3 is 14.0 Å². The van der Waals surface area contributed by atoms with Crippen LogP contribution in [0.15, 0.2) is 121 Å². The van der Waals surface area contributed by atoms with Gasteiger partial charge in [0.1, 0.15) is 0 Å². The Morgan fingerprint density at radius 2 is 0.833 bits per heavy atom. The number of benzene rings is 8. The summed E-state index contributed by atoms with van der Waals surface area (Å²) in [5.41, 5.74) is 14.1. The van der Waals surface area contributed by atoms with Crippen molar-refractivity contribution < 1.29 is 10.2 Å². The summed E-state index contributed by atoms with van der Waals surface area (Å²) in [5.74, 6) is -1.32. The Kier molecular flexibility index (Phi) is 7.15. The molecule has 60 heavy (non-hydrogen) atoms. The zero-order valence-corrected chi connectivity index (χ0v) is 34.4. The predicted molar refractivity (Wildman–Crippen MR) is 248 cm³/mol. The molecule has 8 aromatic rings. The van der Waals surface area contributed by atoms with Crippen LogP contribution in [0.1, 0.15) is 45.2 Å². The van der Waals surface area contributed by atoms with Crippen LogP contribution in [0.3, 0.4) is 0 Å². The van der Waals surface area contributed by atoms with Crippen LogP contribution in [0.2, 0.25) is 0 Å². The van der Waals surface area contributed by atoms with Crippen molar-refractivity contribution in [3.8, 4) is 0 Å². The van der Waals surface area contributed by atoms with Gasteiger partial charge in [0.25, 0.3) is 0 Å². The third kappa shape index (κ3) is 4.38. The van der Waals surface area contributed by atoms with E-state index in [4.69, 9.17) is 0 Å². The average Bonchev–Trinajstić information content (AvgIpc) is 3.89. The molecule has 292 valence electrons. The van der Waals surface area contributed by atoms with Gasteiger partial charge in [-0.15, -0.1) is 12.2 Å². The Balaban J connectivity index is 0.976. The van der Waals surface area contributed by atoms with Crippen LogP contribution in [-0.2, 0) is 25.7 Å². The van der Waals surface area contributed by atoms with Crippen molar-refractivity contribution in [2.75, 3.05) is 47.4 Å². The first-order chi connectivity index (χ1) is 29.3. The monoisotopic (exact) mass is 778 g/mol. The van der Waals surface area contributed by atoms with Gasteiger partial charge in [0.2, 0.25) is 0 Å². The summed E-state index contributed by atoms with van der Waals surface area (Å²) in [6.45, 7) is -0.236. The third-order valence-electron chi connectivity index (χ3n) is 15.5. The fourth-order valence-corrected chi connectivity index (χ4v) is 12.8. The standard InChI is InChI=1S/C52H44B2N4O2/c1-55-41-25-23-31-19-21-33-27-37(49(47(41)43(31)33)57(3)53(55)39-17-9-13-29-11-5-7-15-35(29)39)45-51(59)46(52(45)60)38-28-34-22-20-32-24-26-42-48(44(32)34)50(38)58(4)54(56(42)2)40-18-10-14-30-12-6-8-16-36(30)40/h5-18,23-28,45-46,51-52H,19-22H2,1-4H3/q-2. The molecular formula is C52H44B2N4O2-2. The minimum absolute atomic E-state index is 0.118. The number of aryl methyl sites for hydroxylation is 4. The van der Waals surface area contributed by atoms with Crippen LogP contribution < -0.4 is 40.4 Å². The molecule has 0 spiro atoms.